The van der Waals surface area contributed by atoms with Crippen molar-refractivity contribution < 1.29 is 14.3 Å². The van der Waals surface area contributed by atoms with Gasteiger partial charge >= 0.3 is 0 Å². The van der Waals surface area contributed by atoms with E-state index in [0.29, 0.717) is 18.7 Å². The Kier molecular flexibility index (Phi) is 4.51. The molecule has 0 unspecified atom stereocenters. The molecular formula is C19H20N2O3. The van der Waals surface area contributed by atoms with Gasteiger partial charge < -0.3 is 14.5 Å². The normalized spacial score (nSPS) is 12.9. The molecule has 0 aliphatic carbocycles. The van der Waals surface area contributed by atoms with Gasteiger partial charge in [0.25, 0.3) is 5.91 Å². The number of carbonyl (C=O) groups excluding carboxylic acids is 2. The van der Waals surface area contributed by atoms with Crippen molar-refractivity contribution in [2.45, 2.75) is 13.5 Å². The van der Waals surface area contributed by atoms with Gasteiger partial charge in [-0.2, -0.15) is 0 Å². The lowest BCUT2D eigenvalue weighted by molar-refractivity contribution is -0.119. The Bertz CT molecular complexity index is 755. The van der Waals surface area contributed by atoms with Crippen LogP contribution in [0.15, 0.2) is 48.5 Å². The molecule has 24 heavy (non-hydrogen) atoms. The van der Waals surface area contributed by atoms with Crippen molar-refractivity contribution in [2.75, 3.05) is 25.1 Å². The third-order valence-corrected chi connectivity index (χ3v) is 4.13. The second kappa shape index (κ2) is 6.74. The van der Waals surface area contributed by atoms with Gasteiger partial charge in [-0.25, -0.2) is 0 Å². The van der Waals surface area contributed by atoms with Crippen LogP contribution in [0.2, 0.25) is 0 Å². The first-order chi connectivity index (χ1) is 11.6. The number of hydrogen-bond acceptors (Lipinski definition) is 3. The number of hydrogen-bond donors (Lipinski definition) is 0. The summed E-state index contributed by atoms with van der Waals surface area (Å²) >= 11 is 0. The Balaban J connectivity index is 1.66. The summed E-state index contributed by atoms with van der Waals surface area (Å²) < 4.78 is 5.40. The first-order valence-electron chi connectivity index (χ1n) is 7.96. The van der Waals surface area contributed by atoms with E-state index in [9.17, 15) is 9.59 Å². The van der Waals surface area contributed by atoms with Gasteiger partial charge in [-0.05, 0) is 42.8 Å². The SMILES string of the molecule is CCOc1ccc(N(C)C(=O)CN2Cc3ccccc3C2=O)cc1. The maximum absolute atomic E-state index is 12.5. The Morgan fingerprint density at radius 3 is 2.54 bits per heavy atom. The van der Waals surface area contributed by atoms with Gasteiger partial charge in [-0.1, -0.05) is 18.2 Å². The van der Waals surface area contributed by atoms with Crippen LogP contribution in [-0.2, 0) is 11.3 Å². The first-order valence-corrected chi connectivity index (χ1v) is 7.96. The number of carbonyl (C=O) groups is 2. The lowest BCUT2D eigenvalue weighted by Crippen LogP contribution is -2.38. The zero-order valence-corrected chi connectivity index (χ0v) is 13.9. The highest BCUT2D eigenvalue weighted by Gasteiger charge is 2.29. The molecule has 1 aliphatic rings. The molecule has 124 valence electrons. The number of anilines is 1. The van der Waals surface area contributed by atoms with Crippen LogP contribution in [0, 0.1) is 0 Å². The van der Waals surface area contributed by atoms with Crippen molar-refractivity contribution in [2.24, 2.45) is 0 Å². The molecule has 0 radical (unpaired) electrons. The fourth-order valence-electron chi connectivity index (χ4n) is 2.79. The molecule has 1 aliphatic heterocycles. The van der Waals surface area contributed by atoms with Crippen molar-refractivity contribution in [3.05, 3.63) is 59.7 Å². The van der Waals surface area contributed by atoms with E-state index in [-0.39, 0.29) is 18.4 Å². The van der Waals surface area contributed by atoms with Crippen LogP contribution in [0.1, 0.15) is 22.8 Å². The van der Waals surface area contributed by atoms with E-state index in [2.05, 4.69) is 0 Å². The van der Waals surface area contributed by atoms with Crippen molar-refractivity contribution in [3.63, 3.8) is 0 Å². The number of amides is 2. The van der Waals surface area contributed by atoms with Crippen LogP contribution in [0.4, 0.5) is 5.69 Å². The van der Waals surface area contributed by atoms with E-state index in [1.807, 2.05) is 49.4 Å². The largest absolute Gasteiger partial charge is 0.494 e. The number of benzene rings is 2. The van der Waals surface area contributed by atoms with Crippen LogP contribution in [0.25, 0.3) is 0 Å². The highest BCUT2D eigenvalue weighted by atomic mass is 16.5. The molecule has 5 heteroatoms. The molecule has 0 spiro atoms. The average molecular weight is 324 g/mol. The smallest absolute Gasteiger partial charge is 0.254 e. The maximum Gasteiger partial charge on any atom is 0.254 e. The molecule has 2 amide bonds. The molecule has 0 saturated heterocycles. The average Bonchev–Trinajstić information content (AvgIpc) is 2.91. The van der Waals surface area contributed by atoms with E-state index in [1.54, 1.807) is 22.9 Å². The van der Waals surface area contributed by atoms with Crippen molar-refractivity contribution >= 4 is 17.5 Å². The Labute approximate surface area is 141 Å². The van der Waals surface area contributed by atoms with E-state index >= 15 is 0 Å². The fourth-order valence-corrected chi connectivity index (χ4v) is 2.79. The molecule has 5 nitrogen and oxygen atoms in total. The molecule has 2 aromatic rings. The summed E-state index contributed by atoms with van der Waals surface area (Å²) in [5, 5.41) is 0. The molecule has 1 heterocycles. The summed E-state index contributed by atoms with van der Waals surface area (Å²) in [4.78, 5) is 28.0. The molecule has 0 N–H and O–H groups in total. The van der Waals surface area contributed by atoms with Crippen LogP contribution < -0.4 is 9.64 Å². The third-order valence-electron chi connectivity index (χ3n) is 4.13. The van der Waals surface area contributed by atoms with Gasteiger partial charge in [0.15, 0.2) is 0 Å². The zero-order valence-electron chi connectivity index (χ0n) is 13.9. The zero-order chi connectivity index (χ0) is 17.1. The second-order valence-electron chi connectivity index (χ2n) is 5.70. The molecule has 2 aromatic carbocycles. The van der Waals surface area contributed by atoms with Gasteiger partial charge in [0.2, 0.25) is 5.91 Å². The fraction of sp³-hybridized carbons (Fsp3) is 0.263. The van der Waals surface area contributed by atoms with Gasteiger partial charge in [-0.15, -0.1) is 0 Å². The van der Waals surface area contributed by atoms with Gasteiger partial charge in [0, 0.05) is 24.8 Å². The second-order valence-corrected chi connectivity index (χ2v) is 5.70. The van der Waals surface area contributed by atoms with Gasteiger partial charge in [0.05, 0.1) is 6.61 Å². The summed E-state index contributed by atoms with van der Waals surface area (Å²) in [6.07, 6.45) is 0. The molecule has 0 aromatic heterocycles. The van der Waals surface area contributed by atoms with E-state index < -0.39 is 0 Å². The summed E-state index contributed by atoms with van der Waals surface area (Å²) in [5.74, 6) is 0.562. The number of nitrogens with zero attached hydrogens (tertiary/aromatic N) is 2. The third kappa shape index (κ3) is 3.11. The molecule has 3 rings (SSSR count). The van der Waals surface area contributed by atoms with E-state index in [1.165, 1.54) is 0 Å². The molecular weight excluding hydrogens is 304 g/mol. The summed E-state index contributed by atoms with van der Waals surface area (Å²) in [5.41, 5.74) is 2.43. The van der Waals surface area contributed by atoms with Crippen molar-refractivity contribution in [3.8, 4) is 5.75 Å². The minimum Gasteiger partial charge on any atom is -0.494 e. The minimum atomic E-state index is -0.125. The maximum atomic E-state index is 12.5. The van der Waals surface area contributed by atoms with Crippen LogP contribution in [-0.4, -0.2) is 36.9 Å². The van der Waals surface area contributed by atoms with Crippen LogP contribution >= 0.6 is 0 Å². The van der Waals surface area contributed by atoms with E-state index in [0.717, 1.165) is 17.0 Å². The lowest BCUT2D eigenvalue weighted by atomic mass is 10.1. The summed E-state index contributed by atoms with van der Waals surface area (Å²) in [6.45, 7) is 3.08. The highest BCUT2D eigenvalue weighted by molar-refractivity contribution is 6.02. The number of likely N-dealkylation sites (N-methyl/N-ethyl adjacent to an activating group) is 1. The molecule has 0 fully saturated rings. The lowest BCUT2D eigenvalue weighted by Gasteiger charge is -2.22. The van der Waals surface area contributed by atoms with Crippen molar-refractivity contribution in [1.29, 1.82) is 0 Å². The minimum absolute atomic E-state index is 0.0667. The molecule has 0 bridgehead atoms. The topological polar surface area (TPSA) is 49.9 Å². The highest BCUT2D eigenvalue weighted by Crippen LogP contribution is 2.23. The first kappa shape index (κ1) is 16.1. The number of ether oxygens (including phenoxy) is 1. The number of fused-ring (bicyclic) bond motifs is 1. The summed E-state index contributed by atoms with van der Waals surface area (Å²) in [7, 11) is 1.71. The van der Waals surface area contributed by atoms with E-state index in [4.69, 9.17) is 4.74 Å². The van der Waals surface area contributed by atoms with Gasteiger partial charge in [0.1, 0.15) is 12.3 Å². The monoisotopic (exact) mass is 324 g/mol. The van der Waals surface area contributed by atoms with Crippen molar-refractivity contribution in [1.82, 2.24) is 4.90 Å². The van der Waals surface area contributed by atoms with Crippen LogP contribution in [0.3, 0.4) is 0 Å². The quantitative estimate of drug-likeness (QED) is 0.850. The summed E-state index contributed by atoms with van der Waals surface area (Å²) in [6, 6.07) is 14.8. The van der Waals surface area contributed by atoms with Crippen LogP contribution in [0.5, 0.6) is 5.75 Å². The number of rotatable bonds is 5. The molecule has 0 saturated carbocycles. The molecule has 0 atom stereocenters. The predicted molar refractivity (Wildman–Crippen MR) is 92.2 cm³/mol. The standard InChI is InChI=1S/C19H20N2O3/c1-3-24-16-10-8-15(9-11-16)20(2)18(22)13-21-12-14-6-4-5-7-17(14)19(21)23/h4-11H,3,12-13H2,1-2H3. The van der Waals surface area contributed by atoms with Gasteiger partial charge in [-0.3, -0.25) is 9.59 Å². The Morgan fingerprint density at radius 1 is 1.17 bits per heavy atom. The predicted octanol–water partition coefficient (Wildman–Crippen LogP) is 2.70. The Morgan fingerprint density at radius 2 is 1.88 bits per heavy atom. The Hall–Kier alpha value is -2.82.